The van der Waals surface area contributed by atoms with Gasteiger partial charge in [0, 0.05) is 30.8 Å². The molecule has 7 heteroatoms. The summed E-state index contributed by atoms with van der Waals surface area (Å²) >= 11 is 0. The molecule has 0 aliphatic carbocycles. The van der Waals surface area contributed by atoms with Crippen LogP contribution >= 0.6 is 0 Å². The molecule has 1 aromatic heterocycles. The molecule has 26 heavy (non-hydrogen) atoms. The van der Waals surface area contributed by atoms with Gasteiger partial charge in [0.25, 0.3) is 5.91 Å². The van der Waals surface area contributed by atoms with E-state index in [0.29, 0.717) is 5.56 Å². The molecule has 1 unspecified atom stereocenters. The summed E-state index contributed by atoms with van der Waals surface area (Å²) in [7, 11) is 0. The fraction of sp³-hybridized carbons (Fsp3) is 0.421. The first-order chi connectivity index (χ1) is 12.6. The molecular weight excluding hydrogens is 332 g/mol. The van der Waals surface area contributed by atoms with E-state index in [0.717, 1.165) is 30.2 Å². The number of aliphatic carboxylic acids is 1. The van der Waals surface area contributed by atoms with Crippen LogP contribution in [0.15, 0.2) is 30.6 Å². The van der Waals surface area contributed by atoms with Crippen LogP contribution in [0.3, 0.4) is 0 Å². The Morgan fingerprint density at radius 3 is 2.54 bits per heavy atom. The molecule has 2 aliphatic heterocycles. The minimum absolute atomic E-state index is 0.228. The van der Waals surface area contributed by atoms with Crippen molar-refractivity contribution in [3.63, 3.8) is 0 Å². The second-order valence-corrected chi connectivity index (χ2v) is 6.91. The van der Waals surface area contributed by atoms with Gasteiger partial charge in [-0.15, -0.1) is 0 Å². The molecule has 2 aliphatic rings. The first-order valence-electron chi connectivity index (χ1n) is 9.03. The van der Waals surface area contributed by atoms with Gasteiger partial charge >= 0.3 is 5.97 Å². The number of hydrogen-bond acceptors (Lipinski definition) is 4. The third-order valence-electron chi connectivity index (χ3n) is 5.28. The number of rotatable bonds is 3. The van der Waals surface area contributed by atoms with E-state index in [9.17, 15) is 14.7 Å². The normalized spacial score (nSPS) is 19.9. The molecule has 4 rings (SSSR count). The zero-order chi connectivity index (χ0) is 18.1. The fourth-order valence-corrected chi connectivity index (χ4v) is 3.80. The smallest absolute Gasteiger partial charge is 0.326 e. The van der Waals surface area contributed by atoms with Gasteiger partial charge < -0.3 is 19.9 Å². The number of fused-ring (bicyclic) bond motifs is 1. The van der Waals surface area contributed by atoms with Gasteiger partial charge in [0.2, 0.25) is 0 Å². The van der Waals surface area contributed by atoms with E-state index in [-0.39, 0.29) is 18.9 Å². The van der Waals surface area contributed by atoms with Crippen molar-refractivity contribution < 1.29 is 14.7 Å². The number of benzene rings is 1. The molecule has 0 bridgehead atoms. The van der Waals surface area contributed by atoms with E-state index in [4.69, 9.17) is 0 Å². The summed E-state index contributed by atoms with van der Waals surface area (Å²) in [5.74, 6) is -1.26. The number of carbonyl (C=O) groups excluding carboxylic acids is 1. The van der Waals surface area contributed by atoms with Gasteiger partial charge in [-0.1, -0.05) is 0 Å². The Hall–Kier alpha value is -2.83. The van der Waals surface area contributed by atoms with E-state index < -0.39 is 12.0 Å². The Balaban J connectivity index is 1.55. The number of carboxylic acids is 1. The Bertz CT molecular complexity index is 808. The molecule has 2 N–H and O–H groups in total. The van der Waals surface area contributed by atoms with Crippen molar-refractivity contribution in [3.8, 4) is 0 Å². The molecule has 1 fully saturated rings. The second-order valence-electron chi connectivity index (χ2n) is 6.91. The van der Waals surface area contributed by atoms with Crippen molar-refractivity contribution in [2.24, 2.45) is 0 Å². The van der Waals surface area contributed by atoms with Crippen LogP contribution in [0.1, 0.15) is 41.0 Å². The summed E-state index contributed by atoms with van der Waals surface area (Å²) in [6, 6.07) is 6.63. The Kier molecular flexibility index (Phi) is 4.36. The third-order valence-corrected chi connectivity index (χ3v) is 5.28. The molecule has 2 aromatic rings. The Morgan fingerprint density at radius 1 is 1.12 bits per heavy atom. The number of nitrogens with zero attached hydrogens (tertiary/aromatic N) is 3. The minimum Gasteiger partial charge on any atom is -0.480 e. The minimum atomic E-state index is -1.00. The maximum atomic E-state index is 12.9. The highest BCUT2D eigenvalue weighted by Crippen LogP contribution is 2.25. The lowest BCUT2D eigenvalue weighted by atomic mass is 10.0. The summed E-state index contributed by atoms with van der Waals surface area (Å²) < 4.78 is 0. The lowest BCUT2D eigenvalue weighted by Crippen LogP contribution is -2.48. The molecule has 1 atom stereocenters. The first-order valence-corrected chi connectivity index (χ1v) is 9.03. The summed E-state index contributed by atoms with van der Waals surface area (Å²) in [5, 5.41) is 9.54. The lowest BCUT2D eigenvalue weighted by Gasteiger charge is -2.32. The van der Waals surface area contributed by atoms with Crippen molar-refractivity contribution in [1.29, 1.82) is 0 Å². The zero-order valence-electron chi connectivity index (χ0n) is 14.5. The van der Waals surface area contributed by atoms with Crippen LogP contribution in [0.5, 0.6) is 0 Å². The largest absolute Gasteiger partial charge is 0.480 e. The summed E-state index contributed by atoms with van der Waals surface area (Å²) in [6.45, 7) is 2.32. The summed E-state index contributed by atoms with van der Waals surface area (Å²) in [4.78, 5) is 35.5. The highest BCUT2D eigenvalue weighted by molar-refractivity contribution is 5.97. The molecule has 1 amide bonds. The molecule has 0 saturated carbocycles. The van der Waals surface area contributed by atoms with Crippen LogP contribution in [0.2, 0.25) is 0 Å². The van der Waals surface area contributed by atoms with Gasteiger partial charge in [-0.3, -0.25) is 4.79 Å². The van der Waals surface area contributed by atoms with Crippen LogP contribution in [0.4, 0.5) is 5.69 Å². The van der Waals surface area contributed by atoms with Crippen LogP contribution < -0.4 is 4.90 Å². The summed E-state index contributed by atoms with van der Waals surface area (Å²) in [5.41, 5.74) is 3.16. The monoisotopic (exact) mass is 354 g/mol. The number of carboxylic acid groups (broad SMARTS) is 1. The summed E-state index contributed by atoms with van der Waals surface area (Å²) in [6.07, 6.45) is 5.44. The van der Waals surface area contributed by atoms with E-state index in [1.807, 2.05) is 12.1 Å². The van der Waals surface area contributed by atoms with E-state index in [2.05, 4.69) is 14.9 Å². The van der Waals surface area contributed by atoms with Gasteiger partial charge in [0.1, 0.15) is 6.04 Å². The number of aromatic amines is 1. The third kappa shape index (κ3) is 3.05. The van der Waals surface area contributed by atoms with E-state index in [1.54, 1.807) is 18.5 Å². The van der Waals surface area contributed by atoms with Crippen molar-refractivity contribution in [1.82, 2.24) is 14.9 Å². The lowest BCUT2D eigenvalue weighted by molar-refractivity contribution is -0.142. The number of hydrogen-bond donors (Lipinski definition) is 2. The molecule has 136 valence electrons. The topological polar surface area (TPSA) is 89.5 Å². The maximum Gasteiger partial charge on any atom is 0.326 e. The predicted molar refractivity (Wildman–Crippen MR) is 96.1 cm³/mol. The highest BCUT2D eigenvalue weighted by Gasteiger charge is 2.36. The van der Waals surface area contributed by atoms with Crippen molar-refractivity contribution >= 4 is 17.6 Å². The molecular formula is C19H22N4O3. The van der Waals surface area contributed by atoms with Gasteiger partial charge in [-0.05, 0) is 43.5 Å². The number of amides is 1. The molecule has 0 radical (unpaired) electrons. The number of imidazole rings is 1. The van der Waals surface area contributed by atoms with Gasteiger partial charge in [-0.25, -0.2) is 9.78 Å². The van der Waals surface area contributed by atoms with Crippen molar-refractivity contribution in [2.45, 2.75) is 38.3 Å². The number of carbonyl (C=O) groups is 2. The first kappa shape index (κ1) is 16.6. The van der Waals surface area contributed by atoms with Crippen LogP contribution in [-0.4, -0.2) is 51.0 Å². The van der Waals surface area contributed by atoms with Gasteiger partial charge in [0.05, 0.1) is 24.3 Å². The predicted octanol–water partition coefficient (Wildman–Crippen LogP) is 2.05. The van der Waals surface area contributed by atoms with Crippen molar-refractivity contribution in [2.75, 3.05) is 18.0 Å². The molecule has 1 saturated heterocycles. The zero-order valence-corrected chi connectivity index (χ0v) is 14.5. The maximum absolute atomic E-state index is 12.9. The Morgan fingerprint density at radius 2 is 1.85 bits per heavy atom. The second kappa shape index (κ2) is 6.82. The molecule has 1 aromatic carbocycles. The SMILES string of the molecule is O=C(O)C1Cc2nc[nH]c2CN1C(=O)c1ccc(N2CCCCC2)cc1. The molecule has 0 spiro atoms. The number of H-pyrrole nitrogens is 1. The van der Waals surface area contributed by atoms with Crippen LogP contribution in [0.25, 0.3) is 0 Å². The number of anilines is 1. The van der Waals surface area contributed by atoms with Gasteiger partial charge in [0.15, 0.2) is 0 Å². The Labute approximate surface area is 151 Å². The van der Waals surface area contributed by atoms with Crippen molar-refractivity contribution in [3.05, 3.63) is 47.5 Å². The van der Waals surface area contributed by atoms with E-state index >= 15 is 0 Å². The van der Waals surface area contributed by atoms with Crippen LogP contribution in [-0.2, 0) is 17.8 Å². The number of piperidine rings is 1. The number of aromatic nitrogens is 2. The average Bonchev–Trinajstić information content (AvgIpc) is 3.15. The quantitative estimate of drug-likeness (QED) is 0.881. The fourth-order valence-electron chi connectivity index (χ4n) is 3.80. The van der Waals surface area contributed by atoms with Crippen LogP contribution in [0, 0.1) is 0 Å². The average molecular weight is 354 g/mol. The number of nitrogens with one attached hydrogen (secondary N) is 1. The molecule has 7 nitrogen and oxygen atoms in total. The van der Waals surface area contributed by atoms with Gasteiger partial charge in [-0.2, -0.15) is 0 Å². The standard InChI is InChI=1S/C19H22N4O3/c24-18(13-4-6-14(7-5-13)22-8-2-1-3-9-22)23-11-16-15(20-12-21-16)10-17(23)19(25)26/h4-7,12,17H,1-3,8-11H2,(H,20,21)(H,25,26). The van der Waals surface area contributed by atoms with E-state index in [1.165, 1.54) is 24.2 Å². The highest BCUT2D eigenvalue weighted by atomic mass is 16.4. The molecule has 3 heterocycles.